The van der Waals surface area contributed by atoms with E-state index in [1.807, 2.05) is 54.1 Å². The van der Waals surface area contributed by atoms with Crippen molar-refractivity contribution in [1.29, 1.82) is 0 Å². The monoisotopic (exact) mass is 640 g/mol. The minimum atomic E-state index is -3.44. The highest BCUT2D eigenvalue weighted by Crippen LogP contribution is 2.43. The van der Waals surface area contributed by atoms with Gasteiger partial charge in [0.2, 0.25) is 10.0 Å². The lowest BCUT2D eigenvalue weighted by Crippen LogP contribution is -2.24. The highest BCUT2D eigenvalue weighted by atomic mass is 35.5. The third-order valence-electron chi connectivity index (χ3n) is 7.12. The van der Waals surface area contributed by atoms with Gasteiger partial charge in [-0.25, -0.2) is 13.1 Å². The fourth-order valence-electron chi connectivity index (χ4n) is 4.39. The summed E-state index contributed by atoms with van der Waals surface area (Å²) >= 11 is 7.89. The van der Waals surface area contributed by atoms with E-state index in [1.54, 1.807) is 23.5 Å². The number of sulfonamides is 1. The smallest absolute Gasteiger partial charge is 0.240 e. The summed E-state index contributed by atoms with van der Waals surface area (Å²) in [5.74, 6) is 3.57. The van der Waals surface area contributed by atoms with E-state index in [0.717, 1.165) is 67.4 Å². The van der Waals surface area contributed by atoms with E-state index in [1.165, 1.54) is 0 Å². The van der Waals surface area contributed by atoms with Gasteiger partial charge in [-0.05, 0) is 91.0 Å². The maximum Gasteiger partial charge on any atom is 0.240 e. The summed E-state index contributed by atoms with van der Waals surface area (Å²) in [6.07, 6.45) is 15.6. The zero-order valence-corrected chi connectivity index (χ0v) is 27.3. The highest BCUT2D eigenvalue weighted by Gasteiger charge is 2.32. The third-order valence-corrected chi connectivity index (χ3v) is 9.56. The number of nitrogens with one attached hydrogen (secondary N) is 1. The molecule has 0 unspecified atom stereocenters. The number of aldehydes is 1. The number of rotatable bonds is 17. The van der Waals surface area contributed by atoms with Crippen molar-refractivity contribution in [2.45, 2.75) is 56.9 Å². The Bertz CT molecular complexity index is 1460. The molecule has 6 nitrogen and oxygen atoms in total. The number of hydrogen-bond donors (Lipinski definition) is 1. The van der Waals surface area contributed by atoms with Crippen molar-refractivity contribution in [1.82, 2.24) is 9.62 Å². The molecule has 1 aliphatic rings. The van der Waals surface area contributed by atoms with Gasteiger partial charge >= 0.3 is 0 Å². The van der Waals surface area contributed by atoms with Crippen LogP contribution < -0.4 is 9.46 Å². The molecule has 2 aromatic carbocycles. The minimum absolute atomic E-state index is 0.136. The van der Waals surface area contributed by atoms with Crippen LogP contribution in [0.5, 0.6) is 5.75 Å². The summed E-state index contributed by atoms with van der Waals surface area (Å²) in [4.78, 5) is 12.4. The molecule has 0 spiro atoms. The summed E-state index contributed by atoms with van der Waals surface area (Å²) < 4.78 is 33.3. The Morgan fingerprint density at radius 2 is 1.88 bits per heavy atom. The Morgan fingerprint density at radius 3 is 2.51 bits per heavy atom. The maximum absolute atomic E-state index is 12.3. The zero-order chi connectivity index (χ0) is 31.1. The van der Waals surface area contributed by atoms with Crippen molar-refractivity contribution >= 4 is 39.2 Å². The second kappa shape index (κ2) is 17.4. The molecule has 9 heteroatoms. The van der Waals surface area contributed by atoms with E-state index in [0.29, 0.717) is 36.0 Å². The number of hydrogen-bond acceptors (Lipinski definition) is 6. The molecule has 0 fully saturated rings. The van der Waals surface area contributed by atoms with Crippen molar-refractivity contribution < 1.29 is 17.9 Å². The molecule has 0 radical (unpaired) electrons. The lowest BCUT2D eigenvalue weighted by molar-refractivity contribution is -0.107. The highest BCUT2D eigenvalue weighted by molar-refractivity contribution is 7.89. The summed E-state index contributed by atoms with van der Waals surface area (Å²) in [6.45, 7) is 4.50. The second-order valence-corrected chi connectivity index (χ2v) is 13.6. The van der Waals surface area contributed by atoms with Crippen LogP contribution in [-0.4, -0.2) is 46.3 Å². The number of halogens is 1. The van der Waals surface area contributed by atoms with Crippen LogP contribution in [0.4, 0.5) is 0 Å². The van der Waals surface area contributed by atoms with Crippen molar-refractivity contribution in [2.75, 3.05) is 26.7 Å². The van der Waals surface area contributed by atoms with Crippen LogP contribution in [-0.2, 0) is 34.2 Å². The average Bonchev–Trinajstić information content (AvgIpc) is 3.57. The van der Waals surface area contributed by atoms with Gasteiger partial charge in [0.1, 0.15) is 12.0 Å². The van der Waals surface area contributed by atoms with E-state index < -0.39 is 10.0 Å². The number of nitrogens with zero attached hydrogens (tertiary/aromatic N) is 1. The standard InChI is InChI=1S/C28H35ClN2O3S.C6H6OS/c1-4-6-14-28(15-16-28)17-20-34-27-12-9-25(29)21-24(27)22-31(3)19-13-23-7-10-26(11-8-23)35(32,33)30-18-5-2;7-3-1-6-2-4-8-5-6/h1,7-12,15-16,21,30H,5-6,13-14,17-20,22H2,2-3H3;2-5H,1H2. The van der Waals surface area contributed by atoms with Gasteiger partial charge in [-0.2, -0.15) is 11.3 Å². The van der Waals surface area contributed by atoms with Crippen LogP contribution in [0.15, 0.2) is 76.3 Å². The van der Waals surface area contributed by atoms with Crippen LogP contribution in [0.1, 0.15) is 49.3 Å². The van der Waals surface area contributed by atoms with Crippen molar-refractivity contribution in [3.05, 3.63) is 93.2 Å². The molecule has 0 atom stereocenters. The maximum atomic E-state index is 12.3. The normalized spacial score (nSPS) is 13.2. The van der Waals surface area contributed by atoms with Gasteiger partial charge in [0, 0.05) is 48.5 Å². The zero-order valence-electron chi connectivity index (χ0n) is 24.9. The second-order valence-electron chi connectivity index (χ2n) is 10.7. The van der Waals surface area contributed by atoms with Gasteiger partial charge in [-0.3, -0.25) is 0 Å². The number of ether oxygens (including phenoxy) is 1. The van der Waals surface area contributed by atoms with Crippen molar-refractivity contribution in [3.63, 3.8) is 0 Å². The first-order valence-electron chi connectivity index (χ1n) is 14.5. The summed E-state index contributed by atoms with van der Waals surface area (Å²) in [7, 11) is -1.38. The number of carbonyl (C=O) groups excluding carboxylic acids is 1. The molecule has 0 aliphatic heterocycles. The van der Waals surface area contributed by atoms with Gasteiger partial charge in [-0.1, -0.05) is 42.8 Å². The molecule has 1 aliphatic carbocycles. The summed E-state index contributed by atoms with van der Waals surface area (Å²) in [5.41, 5.74) is 3.38. The first kappa shape index (κ1) is 34.6. The molecule has 0 saturated carbocycles. The average molecular weight is 641 g/mol. The molecule has 3 aromatic rings. The number of allylic oxidation sites excluding steroid dienone is 2. The lowest BCUT2D eigenvalue weighted by atomic mass is 9.94. The molecule has 43 heavy (non-hydrogen) atoms. The Labute approximate surface area is 266 Å². The van der Waals surface area contributed by atoms with Crippen LogP contribution in [0, 0.1) is 17.8 Å². The Kier molecular flexibility index (Phi) is 14.0. The number of carbonyl (C=O) groups is 1. The van der Waals surface area contributed by atoms with Gasteiger partial charge in [0.25, 0.3) is 0 Å². The fraction of sp³-hybridized carbons (Fsp3) is 0.382. The molecule has 1 N–H and O–H groups in total. The largest absolute Gasteiger partial charge is 0.493 e. The number of likely N-dealkylation sites (N-methyl/N-ethyl adjacent to an activating group) is 1. The van der Waals surface area contributed by atoms with E-state index in [4.69, 9.17) is 22.8 Å². The third kappa shape index (κ3) is 11.9. The van der Waals surface area contributed by atoms with Crippen molar-refractivity contribution in [3.8, 4) is 18.1 Å². The Hall–Kier alpha value is -2.93. The van der Waals surface area contributed by atoms with Gasteiger partial charge in [0.05, 0.1) is 11.5 Å². The number of terminal acetylenes is 1. The molecule has 1 heterocycles. The fourth-order valence-corrected chi connectivity index (χ4v) is 6.40. The van der Waals surface area contributed by atoms with Gasteiger partial charge in [-0.15, -0.1) is 12.3 Å². The van der Waals surface area contributed by atoms with E-state index >= 15 is 0 Å². The lowest BCUT2D eigenvalue weighted by Gasteiger charge is -2.20. The Balaban J connectivity index is 0.000000546. The van der Waals surface area contributed by atoms with E-state index in [-0.39, 0.29) is 5.41 Å². The molecule has 230 valence electrons. The SMILES string of the molecule is C#CCCC1(CCOc2ccc(Cl)cc2CN(C)CCc2ccc(S(=O)(=O)NCCC)cc2)C=C1.O=CCc1ccsc1. The summed E-state index contributed by atoms with van der Waals surface area (Å²) in [5, 5.41) is 4.64. The Morgan fingerprint density at radius 1 is 1.12 bits per heavy atom. The van der Waals surface area contributed by atoms with E-state index in [9.17, 15) is 13.2 Å². The van der Waals surface area contributed by atoms with Crippen LogP contribution >= 0.6 is 22.9 Å². The number of benzene rings is 2. The molecule has 1 aromatic heterocycles. The van der Waals surface area contributed by atoms with Crippen molar-refractivity contribution in [2.24, 2.45) is 5.41 Å². The predicted octanol–water partition coefficient (Wildman–Crippen LogP) is 6.93. The minimum Gasteiger partial charge on any atom is -0.493 e. The molecular formula is C34H41ClN2O4S2. The topological polar surface area (TPSA) is 75.7 Å². The van der Waals surface area contributed by atoms with Crippen LogP contribution in [0.2, 0.25) is 5.02 Å². The van der Waals surface area contributed by atoms with Crippen LogP contribution in [0.25, 0.3) is 0 Å². The quantitative estimate of drug-likeness (QED) is 0.0984. The molecule has 0 bridgehead atoms. The first-order valence-corrected chi connectivity index (χ1v) is 17.3. The van der Waals surface area contributed by atoms with E-state index in [2.05, 4.69) is 34.7 Å². The predicted molar refractivity (Wildman–Crippen MR) is 177 cm³/mol. The molecular weight excluding hydrogens is 600 g/mol. The molecule has 0 amide bonds. The number of thiophene rings is 1. The molecule has 4 rings (SSSR count). The summed E-state index contributed by atoms with van der Waals surface area (Å²) in [6, 6.07) is 14.8. The first-order chi connectivity index (χ1) is 20.7. The molecule has 0 saturated heterocycles. The van der Waals surface area contributed by atoms with Gasteiger partial charge in [0.15, 0.2) is 0 Å². The van der Waals surface area contributed by atoms with Gasteiger partial charge < -0.3 is 14.4 Å². The van der Waals surface area contributed by atoms with Crippen LogP contribution in [0.3, 0.4) is 0 Å².